The van der Waals surface area contributed by atoms with Gasteiger partial charge in [-0.3, -0.25) is 28.8 Å². The van der Waals surface area contributed by atoms with Crippen LogP contribution in [0.2, 0.25) is 0 Å². The van der Waals surface area contributed by atoms with Crippen LogP contribution in [0.1, 0.15) is 91.4 Å². The van der Waals surface area contributed by atoms with Crippen molar-refractivity contribution in [2.45, 2.75) is 91.4 Å². The summed E-state index contributed by atoms with van der Waals surface area (Å²) >= 11 is 0. The zero-order valence-electron chi connectivity index (χ0n) is 17.3. The van der Waals surface area contributed by atoms with Gasteiger partial charge < -0.3 is 0 Å². The van der Waals surface area contributed by atoms with Crippen molar-refractivity contribution in [3.05, 3.63) is 0 Å². The molecule has 6 heteroatoms. The molecule has 1 atom stereocenters. The van der Waals surface area contributed by atoms with Gasteiger partial charge in [-0.15, -0.1) is 0 Å². The second kappa shape index (κ2) is 11.1. The van der Waals surface area contributed by atoms with Gasteiger partial charge in [-0.2, -0.15) is 0 Å². The minimum Gasteiger partial charge on any atom is -0.299 e. The van der Waals surface area contributed by atoms with Crippen LogP contribution < -0.4 is 0 Å². The fraction of sp³-hybridized carbons (Fsp3) is 0.727. The quantitative estimate of drug-likeness (QED) is 0.373. The van der Waals surface area contributed by atoms with E-state index in [-0.39, 0.29) is 74.0 Å². The Bertz CT molecular complexity index is 615. The molecule has 1 unspecified atom stereocenters. The monoisotopic (exact) mass is 392 g/mol. The number of carbonyl (C=O) groups is 6. The topological polar surface area (TPSA) is 102 Å². The zero-order chi connectivity index (χ0) is 21.3. The molecule has 0 aromatic carbocycles. The van der Waals surface area contributed by atoms with Crippen molar-refractivity contribution in [3.8, 4) is 0 Å². The van der Waals surface area contributed by atoms with Crippen LogP contribution in [-0.4, -0.2) is 34.7 Å². The maximum atomic E-state index is 13.0. The molecule has 28 heavy (non-hydrogen) atoms. The first-order valence-electron chi connectivity index (χ1n) is 10.3. The summed E-state index contributed by atoms with van der Waals surface area (Å²) in [5.41, 5.74) is -1.36. The highest BCUT2D eigenvalue weighted by molar-refractivity contribution is 6.16. The third-order valence-electron chi connectivity index (χ3n) is 5.87. The Kier molecular flexibility index (Phi) is 9.56. The van der Waals surface area contributed by atoms with Crippen molar-refractivity contribution in [3.63, 3.8) is 0 Å². The Labute approximate surface area is 166 Å². The minimum absolute atomic E-state index is 0.112. The highest BCUT2D eigenvalue weighted by Crippen LogP contribution is 2.41. The first-order chi connectivity index (χ1) is 13.2. The van der Waals surface area contributed by atoms with Gasteiger partial charge in [-0.05, 0) is 25.7 Å². The highest BCUT2D eigenvalue weighted by Gasteiger charge is 2.46. The molecule has 0 aromatic rings. The molecular weight excluding hydrogens is 360 g/mol. The number of carbonyl (C=O) groups excluding carboxylic acids is 6. The van der Waals surface area contributed by atoms with Crippen molar-refractivity contribution >= 4 is 34.7 Å². The summed E-state index contributed by atoms with van der Waals surface area (Å²) in [4.78, 5) is 73.6. The smallest absolute Gasteiger partial charge is 0.153 e. The largest absolute Gasteiger partial charge is 0.299 e. The van der Waals surface area contributed by atoms with Gasteiger partial charge in [0, 0.05) is 25.2 Å². The van der Waals surface area contributed by atoms with Gasteiger partial charge in [0.05, 0.1) is 24.7 Å². The number of ketones is 6. The average Bonchev–Trinajstić information content (AvgIpc) is 2.91. The molecule has 0 spiro atoms. The van der Waals surface area contributed by atoms with E-state index >= 15 is 0 Å². The lowest BCUT2D eigenvalue weighted by Gasteiger charge is -2.29. The lowest BCUT2D eigenvalue weighted by atomic mass is 9.70. The molecule has 1 aliphatic rings. The van der Waals surface area contributed by atoms with Crippen LogP contribution in [-0.2, 0) is 28.8 Å². The lowest BCUT2D eigenvalue weighted by molar-refractivity contribution is -0.144. The second-order valence-corrected chi connectivity index (χ2v) is 7.73. The van der Waals surface area contributed by atoms with E-state index in [9.17, 15) is 28.8 Å². The van der Waals surface area contributed by atoms with E-state index in [0.717, 1.165) is 0 Å². The van der Waals surface area contributed by atoms with E-state index in [2.05, 4.69) is 0 Å². The van der Waals surface area contributed by atoms with Crippen LogP contribution in [0.15, 0.2) is 0 Å². The number of Topliss-reactive ketones (excluding diaryl/α,β-unsaturated/α-hetero) is 6. The van der Waals surface area contributed by atoms with Gasteiger partial charge >= 0.3 is 0 Å². The third kappa shape index (κ3) is 6.28. The summed E-state index contributed by atoms with van der Waals surface area (Å²) in [6, 6.07) is 0. The molecule has 0 N–H and O–H groups in total. The van der Waals surface area contributed by atoms with Crippen LogP contribution in [0, 0.1) is 11.3 Å². The fourth-order valence-corrected chi connectivity index (χ4v) is 3.79. The predicted molar refractivity (Wildman–Crippen MR) is 104 cm³/mol. The number of hydrogen-bond donors (Lipinski definition) is 0. The number of hydrogen-bond acceptors (Lipinski definition) is 6. The van der Waals surface area contributed by atoms with Crippen molar-refractivity contribution in [2.75, 3.05) is 0 Å². The fourth-order valence-electron chi connectivity index (χ4n) is 3.79. The molecule has 0 saturated heterocycles. The summed E-state index contributed by atoms with van der Waals surface area (Å²) < 4.78 is 0. The van der Waals surface area contributed by atoms with Crippen molar-refractivity contribution in [1.29, 1.82) is 0 Å². The van der Waals surface area contributed by atoms with Gasteiger partial charge in [0.25, 0.3) is 0 Å². The van der Waals surface area contributed by atoms with Crippen LogP contribution in [0.5, 0.6) is 0 Å². The van der Waals surface area contributed by atoms with Gasteiger partial charge in [0.15, 0.2) is 11.6 Å². The summed E-state index contributed by atoms with van der Waals surface area (Å²) in [6.07, 6.45) is 1.74. The van der Waals surface area contributed by atoms with Crippen LogP contribution >= 0.6 is 0 Å². The van der Waals surface area contributed by atoms with Crippen LogP contribution in [0.4, 0.5) is 0 Å². The Morgan fingerprint density at radius 2 is 1.14 bits per heavy atom. The molecule has 6 nitrogen and oxygen atoms in total. The summed E-state index contributed by atoms with van der Waals surface area (Å²) in [6.45, 7) is 5.04. The van der Waals surface area contributed by atoms with Crippen LogP contribution in [0.25, 0.3) is 0 Å². The standard InChI is InChI=1S/C22H32O6/c1-4-16(23)12-19(26)15-8-7-10-22(11-9-15,20(27)13-17(24)5-2)21(28)14-18(25)6-3/h15H,4-14H2,1-3H3. The van der Waals surface area contributed by atoms with Crippen molar-refractivity contribution < 1.29 is 28.8 Å². The average molecular weight is 392 g/mol. The van der Waals surface area contributed by atoms with E-state index in [4.69, 9.17) is 0 Å². The van der Waals surface area contributed by atoms with Crippen LogP contribution in [0.3, 0.4) is 0 Å². The van der Waals surface area contributed by atoms with Gasteiger partial charge in [-0.1, -0.05) is 27.2 Å². The summed E-state index contributed by atoms with van der Waals surface area (Å²) in [5, 5.41) is 0. The molecule has 0 heterocycles. The Morgan fingerprint density at radius 1 is 0.679 bits per heavy atom. The molecule has 156 valence electrons. The Balaban J connectivity index is 3.05. The normalized spacial score (nSPS) is 18.8. The maximum Gasteiger partial charge on any atom is 0.153 e. The summed E-state index contributed by atoms with van der Waals surface area (Å²) in [7, 11) is 0. The van der Waals surface area contributed by atoms with Gasteiger partial charge in [0.1, 0.15) is 23.1 Å². The zero-order valence-corrected chi connectivity index (χ0v) is 17.3. The molecule has 0 bridgehead atoms. The van der Waals surface area contributed by atoms with Crippen molar-refractivity contribution in [2.24, 2.45) is 11.3 Å². The van der Waals surface area contributed by atoms with E-state index in [0.29, 0.717) is 25.7 Å². The molecule has 1 fully saturated rings. The molecule has 0 radical (unpaired) electrons. The SMILES string of the molecule is CCC(=O)CC(=O)C1CCCC(C(=O)CC(=O)CC)(C(=O)CC(=O)CC)CC1. The highest BCUT2D eigenvalue weighted by atomic mass is 16.2. The Morgan fingerprint density at radius 3 is 1.61 bits per heavy atom. The predicted octanol–water partition coefficient (Wildman–Crippen LogP) is 3.37. The van der Waals surface area contributed by atoms with E-state index in [1.54, 1.807) is 20.8 Å². The second-order valence-electron chi connectivity index (χ2n) is 7.73. The maximum absolute atomic E-state index is 13.0. The van der Waals surface area contributed by atoms with E-state index in [1.165, 1.54) is 0 Å². The molecule has 0 aliphatic heterocycles. The molecule has 1 rings (SSSR count). The summed E-state index contributed by atoms with van der Waals surface area (Å²) in [5.74, 6) is -1.93. The first-order valence-corrected chi connectivity index (χ1v) is 10.3. The van der Waals surface area contributed by atoms with Crippen molar-refractivity contribution in [1.82, 2.24) is 0 Å². The van der Waals surface area contributed by atoms with E-state index < -0.39 is 17.0 Å². The molecule has 1 aliphatic carbocycles. The van der Waals surface area contributed by atoms with E-state index in [1.807, 2.05) is 0 Å². The minimum atomic E-state index is -1.36. The lowest BCUT2D eigenvalue weighted by Crippen LogP contribution is -2.41. The molecule has 0 amide bonds. The van der Waals surface area contributed by atoms with Gasteiger partial charge in [0.2, 0.25) is 0 Å². The molecule has 0 aromatic heterocycles. The number of rotatable bonds is 12. The third-order valence-corrected chi connectivity index (χ3v) is 5.87. The van der Waals surface area contributed by atoms with Gasteiger partial charge in [-0.25, -0.2) is 0 Å². The molecule has 1 saturated carbocycles. The Hall–Kier alpha value is -1.98. The first kappa shape index (κ1) is 24.1. The molecular formula is C22H32O6.